The first-order valence-electron chi connectivity index (χ1n) is 12.0. The Morgan fingerprint density at radius 1 is 0.500 bits per heavy atom. The lowest BCUT2D eigenvalue weighted by Gasteiger charge is -2.04. The molecule has 0 aromatic heterocycles. The molecule has 0 bridgehead atoms. The molecule has 26 heavy (non-hydrogen) atoms. The minimum Gasteiger partial charge on any atom is -0.466 e. The molecular formula is C24H48O2. The maximum Gasteiger partial charge on any atom is 0.305 e. The van der Waals surface area contributed by atoms with Crippen molar-refractivity contribution in [2.45, 2.75) is 142 Å². The highest BCUT2D eigenvalue weighted by molar-refractivity contribution is 5.68. The van der Waals surface area contributed by atoms with Gasteiger partial charge in [0.25, 0.3) is 0 Å². The van der Waals surface area contributed by atoms with Crippen LogP contribution in [0, 0.1) is 0 Å². The Labute approximate surface area is 164 Å². The number of carbonyl (C=O) groups excluding carboxylic acids is 1. The number of hydrogen-bond acceptors (Lipinski definition) is 2. The van der Waals surface area contributed by atoms with Gasteiger partial charge < -0.3 is 4.74 Å². The van der Waals surface area contributed by atoms with Crippen molar-refractivity contribution in [3.05, 3.63) is 0 Å². The molecule has 0 saturated heterocycles. The van der Waals surface area contributed by atoms with Crippen molar-refractivity contribution in [3.63, 3.8) is 0 Å². The maximum atomic E-state index is 11.0. The fourth-order valence-corrected chi connectivity index (χ4v) is 3.47. The van der Waals surface area contributed by atoms with E-state index in [1.165, 1.54) is 116 Å². The third-order valence-corrected chi connectivity index (χ3v) is 5.30. The lowest BCUT2D eigenvalue weighted by molar-refractivity contribution is -0.143. The molecule has 0 aromatic carbocycles. The molecule has 0 radical (unpaired) electrons. The van der Waals surface area contributed by atoms with Crippen LogP contribution >= 0.6 is 0 Å². The van der Waals surface area contributed by atoms with Crippen LogP contribution in [0.1, 0.15) is 142 Å². The second-order valence-corrected chi connectivity index (χ2v) is 7.94. The smallest absolute Gasteiger partial charge is 0.305 e. The summed E-state index contributed by atoms with van der Waals surface area (Å²) in [5, 5.41) is 0. The van der Waals surface area contributed by atoms with E-state index in [9.17, 15) is 4.79 Å². The van der Waals surface area contributed by atoms with Gasteiger partial charge in [0.1, 0.15) is 0 Å². The highest BCUT2D eigenvalue weighted by Gasteiger charge is 1.98. The molecule has 0 amide bonds. The third-order valence-electron chi connectivity index (χ3n) is 5.30. The monoisotopic (exact) mass is 368 g/mol. The number of ether oxygens (including phenoxy) is 1. The predicted molar refractivity (Wildman–Crippen MR) is 115 cm³/mol. The fraction of sp³-hybridized carbons (Fsp3) is 0.958. The minimum absolute atomic E-state index is 0.0626. The molecule has 0 unspecified atom stereocenters. The van der Waals surface area contributed by atoms with E-state index in [4.69, 9.17) is 4.74 Å². The molecule has 0 aromatic rings. The van der Waals surface area contributed by atoms with Gasteiger partial charge in [0.2, 0.25) is 0 Å². The summed E-state index contributed by atoms with van der Waals surface area (Å²) in [6.07, 6.45) is 26.9. The van der Waals surface area contributed by atoms with Crippen LogP contribution in [0.25, 0.3) is 0 Å². The van der Waals surface area contributed by atoms with E-state index in [0.717, 1.165) is 6.42 Å². The van der Waals surface area contributed by atoms with Crippen LogP contribution in [0.15, 0.2) is 0 Å². The van der Waals surface area contributed by atoms with Crippen molar-refractivity contribution in [1.29, 1.82) is 0 Å². The third kappa shape index (κ3) is 21.5. The van der Waals surface area contributed by atoms with Gasteiger partial charge >= 0.3 is 5.97 Å². The molecule has 156 valence electrons. The van der Waals surface area contributed by atoms with Crippen LogP contribution in [0.3, 0.4) is 0 Å². The van der Waals surface area contributed by atoms with Gasteiger partial charge in [0.15, 0.2) is 0 Å². The normalized spacial score (nSPS) is 11.0. The molecule has 0 aliphatic carbocycles. The van der Waals surface area contributed by atoms with Crippen molar-refractivity contribution >= 4 is 5.97 Å². The Bertz CT molecular complexity index is 275. The molecule has 0 heterocycles. The van der Waals surface area contributed by atoms with Crippen molar-refractivity contribution < 1.29 is 9.53 Å². The zero-order valence-electron chi connectivity index (χ0n) is 18.2. The van der Waals surface area contributed by atoms with Gasteiger partial charge in [-0.15, -0.1) is 0 Å². The second-order valence-electron chi connectivity index (χ2n) is 7.94. The van der Waals surface area contributed by atoms with Crippen LogP contribution in [-0.4, -0.2) is 12.6 Å². The van der Waals surface area contributed by atoms with E-state index in [0.29, 0.717) is 13.0 Å². The van der Waals surface area contributed by atoms with Gasteiger partial charge in [0.05, 0.1) is 6.61 Å². The standard InChI is InChI=1S/C24H48O2/c1-3-5-6-7-8-9-10-11-12-13-14-15-16-17-18-19-20-21-22-23-26-24(25)4-2/h3-23H2,1-2H3. The average molecular weight is 369 g/mol. The van der Waals surface area contributed by atoms with E-state index in [1.54, 1.807) is 0 Å². The lowest BCUT2D eigenvalue weighted by atomic mass is 10.0. The van der Waals surface area contributed by atoms with Crippen LogP contribution < -0.4 is 0 Å². The van der Waals surface area contributed by atoms with Gasteiger partial charge in [-0.25, -0.2) is 0 Å². The Morgan fingerprint density at radius 2 is 0.808 bits per heavy atom. The average Bonchev–Trinajstić information content (AvgIpc) is 2.66. The topological polar surface area (TPSA) is 26.3 Å². The molecule has 2 nitrogen and oxygen atoms in total. The zero-order valence-corrected chi connectivity index (χ0v) is 18.2. The minimum atomic E-state index is -0.0626. The van der Waals surface area contributed by atoms with Crippen LogP contribution in [-0.2, 0) is 9.53 Å². The summed E-state index contributed by atoms with van der Waals surface area (Å²) in [7, 11) is 0. The van der Waals surface area contributed by atoms with E-state index in [-0.39, 0.29) is 5.97 Å². The Hall–Kier alpha value is -0.530. The number of carbonyl (C=O) groups is 1. The molecule has 0 aliphatic rings. The van der Waals surface area contributed by atoms with Gasteiger partial charge in [-0.2, -0.15) is 0 Å². The molecule has 0 N–H and O–H groups in total. The Morgan fingerprint density at radius 3 is 1.12 bits per heavy atom. The van der Waals surface area contributed by atoms with Gasteiger partial charge in [-0.1, -0.05) is 129 Å². The van der Waals surface area contributed by atoms with Crippen molar-refractivity contribution in [1.82, 2.24) is 0 Å². The van der Waals surface area contributed by atoms with Gasteiger partial charge in [0, 0.05) is 6.42 Å². The summed E-state index contributed by atoms with van der Waals surface area (Å²) in [5.74, 6) is -0.0626. The van der Waals surface area contributed by atoms with Gasteiger partial charge in [-0.05, 0) is 6.42 Å². The number of esters is 1. The van der Waals surface area contributed by atoms with Crippen molar-refractivity contribution in [2.24, 2.45) is 0 Å². The first-order chi connectivity index (χ1) is 12.8. The molecule has 0 spiro atoms. The summed E-state index contributed by atoms with van der Waals surface area (Å²) >= 11 is 0. The maximum absolute atomic E-state index is 11.0. The predicted octanol–water partition coefficient (Wildman–Crippen LogP) is 8.37. The number of unbranched alkanes of at least 4 members (excludes halogenated alkanes) is 18. The van der Waals surface area contributed by atoms with Crippen molar-refractivity contribution in [2.75, 3.05) is 6.61 Å². The SMILES string of the molecule is CCCCCCCCCCCCCCCCCCCCCOC(=O)CC. The molecular weight excluding hydrogens is 320 g/mol. The Balaban J connectivity index is 3.00. The van der Waals surface area contributed by atoms with Crippen LogP contribution in [0.2, 0.25) is 0 Å². The quantitative estimate of drug-likeness (QED) is 0.150. The summed E-state index contributed by atoms with van der Waals surface area (Å²) < 4.78 is 5.09. The second kappa shape index (κ2) is 22.5. The highest BCUT2D eigenvalue weighted by atomic mass is 16.5. The molecule has 2 heteroatoms. The molecule has 0 rings (SSSR count). The summed E-state index contributed by atoms with van der Waals surface area (Å²) in [5.41, 5.74) is 0. The van der Waals surface area contributed by atoms with E-state index >= 15 is 0 Å². The van der Waals surface area contributed by atoms with E-state index < -0.39 is 0 Å². The van der Waals surface area contributed by atoms with Crippen molar-refractivity contribution in [3.8, 4) is 0 Å². The zero-order chi connectivity index (χ0) is 19.1. The summed E-state index contributed by atoms with van der Waals surface area (Å²) in [4.78, 5) is 11.0. The van der Waals surface area contributed by atoms with E-state index in [1.807, 2.05) is 6.92 Å². The van der Waals surface area contributed by atoms with Crippen LogP contribution in [0.5, 0.6) is 0 Å². The number of rotatable bonds is 21. The lowest BCUT2D eigenvalue weighted by Crippen LogP contribution is -2.03. The fourth-order valence-electron chi connectivity index (χ4n) is 3.47. The largest absolute Gasteiger partial charge is 0.466 e. The highest BCUT2D eigenvalue weighted by Crippen LogP contribution is 2.14. The molecule has 0 atom stereocenters. The van der Waals surface area contributed by atoms with Crippen LogP contribution in [0.4, 0.5) is 0 Å². The van der Waals surface area contributed by atoms with Gasteiger partial charge in [-0.3, -0.25) is 4.79 Å². The van der Waals surface area contributed by atoms with E-state index in [2.05, 4.69) is 6.92 Å². The first-order valence-corrected chi connectivity index (χ1v) is 12.0. The number of hydrogen-bond donors (Lipinski definition) is 0. The summed E-state index contributed by atoms with van der Waals surface area (Å²) in [6, 6.07) is 0. The first kappa shape index (κ1) is 25.5. The molecule has 0 saturated carbocycles. The molecule has 0 fully saturated rings. The molecule has 0 aliphatic heterocycles. The summed E-state index contributed by atoms with van der Waals surface area (Å²) in [6.45, 7) is 4.75. The Kier molecular flexibility index (Phi) is 22.1.